The molecule has 2 aliphatic carbocycles. The van der Waals surface area contributed by atoms with Crippen molar-refractivity contribution in [2.45, 2.75) is 57.8 Å². The van der Waals surface area contributed by atoms with Crippen molar-refractivity contribution in [1.29, 1.82) is 0 Å². The van der Waals surface area contributed by atoms with Gasteiger partial charge in [0.15, 0.2) is 5.58 Å². The Morgan fingerprint density at radius 2 is 2.00 bits per heavy atom. The Balaban J connectivity index is 1.51. The van der Waals surface area contributed by atoms with Crippen molar-refractivity contribution in [3.63, 3.8) is 0 Å². The first kappa shape index (κ1) is 23.7. The van der Waals surface area contributed by atoms with Gasteiger partial charge < -0.3 is 30.0 Å². The van der Waals surface area contributed by atoms with Crippen LogP contribution < -0.4 is 15.4 Å². The van der Waals surface area contributed by atoms with Gasteiger partial charge in [-0.15, -0.1) is 0 Å². The van der Waals surface area contributed by atoms with E-state index < -0.39 is 30.6 Å². The number of aliphatic hydroxyl groups is 2. The maximum Gasteiger partial charge on any atom is 0.244 e. The second-order valence-corrected chi connectivity index (χ2v) is 9.25. The van der Waals surface area contributed by atoms with Gasteiger partial charge in [-0.2, -0.15) is 4.98 Å². The number of halogens is 2. The van der Waals surface area contributed by atoms with E-state index in [9.17, 15) is 19.0 Å². The fourth-order valence-corrected chi connectivity index (χ4v) is 4.52. The second kappa shape index (κ2) is 9.54. The van der Waals surface area contributed by atoms with Gasteiger partial charge in [0.1, 0.15) is 17.7 Å². The Hall–Kier alpha value is -3.05. The van der Waals surface area contributed by atoms with Crippen LogP contribution in [0.5, 0.6) is 5.88 Å². The molecule has 2 fully saturated rings. The van der Waals surface area contributed by atoms with Crippen LogP contribution in [0.1, 0.15) is 31.9 Å². The summed E-state index contributed by atoms with van der Waals surface area (Å²) in [7, 11) is 0. The topological polar surface area (TPSA) is 126 Å². The number of nitrogens with one attached hydrogen (secondary N) is 2. The molecule has 3 heterocycles. The zero-order chi connectivity index (χ0) is 24.7. The van der Waals surface area contributed by atoms with Crippen LogP contribution in [0.2, 0.25) is 0 Å². The van der Waals surface area contributed by atoms with Gasteiger partial charge in [0.25, 0.3) is 0 Å². The maximum atomic E-state index is 13.4. The predicted octanol–water partition coefficient (Wildman–Crippen LogP) is 3.60. The van der Waals surface area contributed by atoms with E-state index in [-0.39, 0.29) is 6.42 Å². The largest absolute Gasteiger partial charge is 0.478 e. The van der Waals surface area contributed by atoms with E-state index in [0.717, 1.165) is 24.8 Å². The lowest BCUT2D eigenvalue weighted by molar-refractivity contribution is -0.0333. The molecule has 9 nitrogen and oxygen atoms in total. The highest BCUT2D eigenvalue weighted by Crippen LogP contribution is 2.38. The number of aromatic nitrogens is 3. The fourth-order valence-electron chi connectivity index (χ4n) is 4.52. The monoisotopic (exact) mass is 489 g/mol. The molecule has 2 aliphatic rings. The highest BCUT2D eigenvalue weighted by atomic mass is 19.3. The summed E-state index contributed by atoms with van der Waals surface area (Å²) in [6.07, 6.45) is -1.84. The highest BCUT2D eigenvalue weighted by Gasteiger charge is 2.46. The van der Waals surface area contributed by atoms with E-state index >= 15 is 0 Å². The lowest BCUT2D eigenvalue weighted by Crippen LogP contribution is -2.36. The van der Waals surface area contributed by atoms with E-state index in [0.29, 0.717) is 52.8 Å². The molecule has 0 aromatic carbocycles. The molecule has 2 saturated carbocycles. The number of furan rings is 1. The van der Waals surface area contributed by atoms with Gasteiger partial charge in [-0.05, 0) is 45.1 Å². The normalized spacial score (nSPS) is 24.3. The van der Waals surface area contributed by atoms with E-state index in [1.807, 2.05) is 19.9 Å². The smallest absolute Gasteiger partial charge is 0.244 e. The van der Waals surface area contributed by atoms with Gasteiger partial charge in [-0.25, -0.2) is 18.7 Å². The number of aryl methyl sites for hydroxylation is 1. The van der Waals surface area contributed by atoms with Gasteiger partial charge in [0.05, 0.1) is 42.1 Å². The lowest BCUT2D eigenvalue weighted by atomic mass is 10.1. The summed E-state index contributed by atoms with van der Waals surface area (Å²) in [4.78, 5) is 13.4. The lowest BCUT2D eigenvalue weighted by Gasteiger charge is -2.21. The molecule has 0 saturated heterocycles. The summed E-state index contributed by atoms with van der Waals surface area (Å²) < 4.78 is 38.3. The van der Waals surface area contributed by atoms with Gasteiger partial charge in [0, 0.05) is 18.0 Å². The fraction of sp³-hybridized carbons (Fsp3) is 0.542. The van der Waals surface area contributed by atoms with Crippen LogP contribution in [0.15, 0.2) is 22.7 Å². The number of anilines is 2. The number of hydrogen-bond acceptors (Lipinski definition) is 9. The van der Waals surface area contributed by atoms with Gasteiger partial charge in [-0.3, -0.25) is 0 Å². The van der Waals surface area contributed by atoms with Crippen molar-refractivity contribution in [2.75, 3.05) is 23.8 Å². The number of fused-ring (bicyclic) bond motifs is 1. The molecule has 35 heavy (non-hydrogen) atoms. The molecule has 4 atom stereocenters. The number of ether oxygens (including phenoxy) is 1. The van der Waals surface area contributed by atoms with Crippen LogP contribution in [-0.4, -0.2) is 63.0 Å². The van der Waals surface area contributed by atoms with Crippen LogP contribution in [0.25, 0.3) is 22.3 Å². The second-order valence-electron chi connectivity index (χ2n) is 9.25. The molecule has 3 aromatic rings. The first-order valence-corrected chi connectivity index (χ1v) is 11.9. The standard InChI is InChI=1S/C24H29F2N5O4/c1-3-34-18-7-13-6-16(35-17(13)10-27-18)19-11(2)29-24(28-9-12-4-5-12)31-23(19)30-15-8-14(22(25)26)20(32)21(15)33/h6-7,10,12,14-15,20-22,32-33H,3-5,8-9H2,1-2H3,(H2,28,29,30,31)/t14-,15+,20+,21-/m0/s1. The van der Waals surface area contributed by atoms with Gasteiger partial charge >= 0.3 is 0 Å². The molecule has 188 valence electrons. The van der Waals surface area contributed by atoms with Gasteiger partial charge in [0.2, 0.25) is 18.3 Å². The van der Waals surface area contributed by atoms with E-state index in [1.54, 1.807) is 12.3 Å². The average molecular weight is 490 g/mol. The minimum atomic E-state index is -2.74. The van der Waals surface area contributed by atoms with Crippen molar-refractivity contribution in [2.24, 2.45) is 11.8 Å². The Kier molecular flexibility index (Phi) is 6.45. The summed E-state index contributed by atoms with van der Waals surface area (Å²) in [5, 5.41) is 27.7. The predicted molar refractivity (Wildman–Crippen MR) is 126 cm³/mol. The number of aliphatic hydroxyl groups excluding tert-OH is 2. The Morgan fingerprint density at radius 3 is 2.69 bits per heavy atom. The Labute approximate surface area is 200 Å². The van der Waals surface area contributed by atoms with Gasteiger partial charge in [-0.1, -0.05) is 0 Å². The van der Waals surface area contributed by atoms with Crippen molar-refractivity contribution in [3.8, 4) is 17.2 Å². The third kappa shape index (κ3) is 4.87. The third-order valence-corrected chi connectivity index (χ3v) is 6.63. The average Bonchev–Trinajstić information content (AvgIpc) is 3.49. The van der Waals surface area contributed by atoms with Crippen molar-refractivity contribution in [1.82, 2.24) is 15.0 Å². The minimum absolute atomic E-state index is 0.102. The Bertz CT molecular complexity index is 1200. The maximum absolute atomic E-state index is 13.4. The van der Waals surface area contributed by atoms with Crippen molar-refractivity contribution >= 4 is 22.7 Å². The highest BCUT2D eigenvalue weighted by molar-refractivity contribution is 5.86. The summed E-state index contributed by atoms with van der Waals surface area (Å²) in [6, 6.07) is 2.77. The summed E-state index contributed by atoms with van der Waals surface area (Å²) in [5.41, 5.74) is 1.69. The van der Waals surface area contributed by atoms with Crippen molar-refractivity contribution in [3.05, 3.63) is 24.0 Å². The van der Waals surface area contributed by atoms with E-state index in [1.165, 1.54) is 0 Å². The number of pyridine rings is 1. The van der Waals surface area contributed by atoms with Crippen LogP contribution >= 0.6 is 0 Å². The zero-order valence-electron chi connectivity index (χ0n) is 19.5. The molecule has 0 bridgehead atoms. The van der Waals surface area contributed by atoms with Crippen molar-refractivity contribution < 1.29 is 28.1 Å². The van der Waals surface area contributed by atoms with E-state index in [4.69, 9.17) is 9.15 Å². The van der Waals surface area contributed by atoms with Crippen LogP contribution in [0, 0.1) is 18.8 Å². The molecule has 0 unspecified atom stereocenters. The molecule has 5 rings (SSSR count). The molecule has 0 radical (unpaired) electrons. The molecular weight excluding hydrogens is 460 g/mol. The number of rotatable bonds is 9. The molecular formula is C24H29F2N5O4. The quantitative estimate of drug-likeness (QED) is 0.357. The summed E-state index contributed by atoms with van der Waals surface area (Å²) in [5.74, 6) is 0.933. The summed E-state index contributed by atoms with van der Waals surface area (Å²) >= 11 is 0. The first-order chi connectivity index (χ1) is 16.8. The molecule has 4 N–H and O–H groups in total. The minimum Gasteiger partial charge on any atom is -0.478 e. The number of nitrogens with zero attached hydrogens (tertiary/aromatic N) is 3. The molecule has 0 aliphatic heterocycles. The molecule has 0 spiro atoms. The molecule has 0 amide bonds. The third-order valence-electron chi connectivity index (χ3n) is 6.63. The van der Waals surface area contributed by atoms with E-state index in [2.05, 4.69) is 25.6 Å². The first-order valence-electron chi connectivity index (χ1n) is 11.9. The number of hydrogen-bond donors (Lipinski definition) is 4. The molecule has 11 heteroatoms. The number of alkyl halides is 2. The molecule has 3 aromatic heterocycles. The Morgan fingerprint density at radius 1 is 1.20 bits per heavy atom. The summed E-state index contributed by atoms with van der Waals surface area (Å²) in [6.45, 7) is 4.91. The zero-order valence-corrected chi connectivity index (χ0v) is 19.5. The van der Waals surface area contributed by atoms with Crippen LogP contribution in [-0.2, 0) is 0 Å². The van der Waals surface area contributed by atoms with Crippen LogP contribution in [0.3, 0.4) is 0 Å². The SMILES string of the molecule is CCOc1cc2cc(-c3c(C)nc(NCC4CC4)nc3N[C@@H]3C[C@H](C(F)F)[C@@H](O)[C@H]3O)oc2cn1. The van der Waals surface area contributed by atoms with Crippen LogP contribution in [0.4, 0.5) is 20.5 Å².